The molecule has 0 aliphatic carbocycles. The normalized spacial score (nSPS) is 14.4. The summed E-state index contributed by atoms with van der Waals surface area (Å²) in [6.45, 7) is 3.65. The predicted molar refractivity (Wildman–Crippen MR) is 65.5 cm³/mol. The maximum Gasteiger partial charge on any atom is 0.137 e. The van der Waals surface area contributed by atoms with Gasteiger partial charge in [-0.05, 0) is 37.1 Å². The van der Waals surface area contributed by atoms with E-state index in [0.717, 1.165) is 12.8 Å². The first-order valence-corrected chi connectivity index (χ1v) is 5.87. The first-order chi connectivity index (χ1) is 8.08. The van der Waals surface area contributed by atoms with Crippen molar-refractivity contribution >= 4 is 0 Å². The fourth-order valence-corrected chi connectivity index (χ4v) is 1.69. The van der Waals surface area contributed by atoms with E-state index in [9.17, 15) is 9.50 Å². The van der Waals surface area contributed by atoms with Crippen molar-refractivity contribution in [2.75, 3.05) is 6.61 Å². The second-order valence-corrected chi connectivity index (χ2v) is 4.20. The Kier molecular flexibility index (Phi) is 5.38. The van der Waals surface area contributed by atoms with E-state index in [0.29, 0.717) is 11.3 Å². The van der Waals surface area contributed by atoms with Crippen LogP contribution in [0.25, 0.3) is 0 Å². The molecule has 3 N–H and O–H groups in total. The van der Waals surface area contributed by atoms with Crippen LogP contribution >= 0.6 is 0 Å². The molecule has 1 rings (SSSR count). The molecule has 0 spiro atoms. The van der Waals surface area contributed by atoms with E-state index in [2.05, 4.69) is 0 Å². The van der Waals surface area contributed by atoms with Crippen LogP contribution in [0.2, 0.25) is 0 Å². The first kappa shape index (κ1) is 13.9. The van der Waals surface area contributed by atoms with Crippen molar-refractivity contribution in [2.45, 2.75) is 38.8 Å². The zero-order chi connectivity index (χ0) is 12.8. The molecule has 0 aliphatic rings. The number of hydrogen-bond donors (Lipinski definition) is 2. The molecule has 96 valence electrons. The fraction of sp³-hybridized carbons (Fsp3) is 0.538. The smallest absolute Gasteiger partial charge is 0.137 e. The van der Waals surface area contributed by atoms with Crippen LogP contribution in [0.15, 0.2) is 18.2 Å². The highest BCUT2D eigenvalue weighted by Gasteiger charge is 2.18. The summed E-state index contributed by atoms with van der Waals surface area (Å²) in [4.78, 5) is 0. The van der Waals surface area contributed by atoms with E-state index in [1.165, 1.54) is 12.1 Å². The zero-order valence-electron chi connectivity index (χ0n) is 10.3. The third-order valence-electron chi connectivity index (χ3n) is 2.69. The second-order valence-electron chi connectivity index (χ2n) is 4.20. The Balaban J connectivity index is 2.73. The van der Waals surface area contributed by atoms with Gasteiger partial charge in [0.25, 0.3) is 0 Å². The summed E-state index contributed by atoms with van der Waals surface area (Å²) in [5.74, 6) is 0.269. The monoisotopic (exact) mass is 241 g/mol. The van der Waals surface area contributed by atoms with Crippen molar-refractivity contribution in [3.05, 3.63) is 29.6 Å². The number of hydrogen-bond acceptors (Lipinski definition) is 3. The van der Waals surface area contributed by atoms with Crippen molar-refractivity contribution in [2.24, 2.45) is 5.73 Å². The van der Waals surface area contributed by atoms with E-state index in [-0.39, 0.29) is 18.5 Å². The van der Waals surface area contributed by atoms with Crippen molar-refractivity contribution in [3.8, 4) is 5.75 Å². The Morgan fingerprint density at radius 3 is 2.71 bits per heavy atom. The summed E-state index contributed by atoms with van der Waals surface area (Å²) in [6, 6.07) is 4.08. The van der Waals surface area contributed by atoms with Gasteiger partial charge >= 0.3 is 0 Å². The predicted octanol–water partition coefficient (Wildman–Crippen LogP) is 2.00. The molecular weight excluding hydrogens is 221 g/mol. The molecule has 3 nitrogen and oxygen atoms in total. The lowest BCUT2D eigenvalue weighted by Crippen LogP contribution is -2.41. The third-order valence-corrected chi connectivity index (χ3v) is 2.69. The van der Waals surface area contributed by atoms with E-state index in [1.807, 2.05) is 6.92 Å². The van der Waals surface area contributed by atoms with Crippen LogP contribution in [0.5, 0.6) is 5.75 Å². The Bertz CT molecular complexity index is 357. The van der Waals surface area contributed by atoms with Gasteiger partial charge in [-0.3, -0.25) is 0 Å². The summed E-state index contributed by atoms with van der Waals surface area (Å²) in [5.41, 5.74) is 6.61. The summed E-state index contributed by atoms with van der Waals surface area (Å²) in [6.07, 6.45) is 1.27. The molecule has 0 saturated carbocycles. The molecule has 1 aromatic rings. The maximum atomic E-state index is 12.9. The molecule has 0 radical (unpaired) electrons. The highest BCUT2D eigenvalue weighted by molar-refractivity contribution is 5.32. The lowest BCUT2D eigenvalue weighted by Gasteiger charge is -2.23. The first-order valence-electron chi connectivity index (χ1n) is 5.87. The number of benzene rings is 1. The molecule has 0 amide bonds. The molecule has 0 fully saturated rings. The Morgan fingerprint density at radius 1 is 1.47 bits per heavy atom. The highest BCUT2D eigenvalue weighted by Crippen LogP contribution is 2.20. The molecule has 2 unspecified atom stereocenters. The van der Waals surface area contributed by atoms with Gasteiger partial charge in [0.2, 0.25) is 0 Å². The second kappa shape index (κ2) is 6.57. The van der Waals surface area contributed by atoms with Gasteiger partial charge in [-0.1, -0.05) is 13.3 Å². The van der Waals surface area contributed by atoms with Crippen LogP contribution < -0.4 is 10.5 Å². The quantitative estimate of drug-likeness (QED) is 0.801. The molecule has 4 heteroatoms. The van der Waals surface area contributed by atoms with Crippen molar-refractivity contribution in [1.82, 2.24) is 0 Å². The van der Waals surface area contributed by atoms with Gasteiger partial charge in [-0.2, -0.15) is 0 Å². The number of nitrogens with two attached hydrogens (primary N) is 1. The standard InChI is InChI=1S/C13H20FNO2/c1-3-4-11(15)13(8-16)17-12-6-5-10(14)7-9(12)2/h5-7,11,13,16H,3-4,8,15H2,1-2H3. The summed E-state index contributed by atoms with van der Waals surface area (Å²) < 4.78 is 18.5. The number of aryl methyl sites for hydroxylation is 1. The molecule has 0 heterocycles. The number of aliphatic hydroxyl groups is 1. The minimum absolute atomic E-state index is 0.141. The summed E-state index contributed by atoms with van der Waals surface area (Å²) in [7, 11) is 0. The van der Waals surface area contributed by atoms with Gasteiger partial charge in [-0.15, -0.1) is 0 Å². The Labute approximate surface area is 101 Å². The van der Waals surface area contributed by atoms with Crippen LogP contribution in [0.1, 0.15) is 25.3 Å². The van der Waals surface area contributed by atoms with E-state index < -0.39 is 6.10 Å². The number of ether oxygens (including phenoxy) is 1. The SMILES string of the molecule is CCCC(N)C(CO)Oc1ccc(F)cc1C. The van der Waals surface area contributed by atoms with Crippen LogP contribution in [-0.4, -0.2) is 23.9 Å². The van der Waals surface area contributed by atoms with E-state index in [1.54, 1.807) is 13.0 Å². The molecule has 0 bridgehead atoms. The van der Waals surface area contributed by atoms with Crippen LogP contribution in [-0.2, 0) is 0 Å². The highest BCUT2D eigenvalue weighted by atomic mass is 19.1. The molecule has 0 saturated heterocycles. The molecule has 2 atom stereocenters. The lowest BCUT2D eigenvalue weighted by atomic mass is 10.1. The van der Waals surface area contributed by atoms with E-state index >= 15 is 0 Å². The molecule has 1 aromatic carbocycles. The van der Waals surface area contributed by atoms with Crippen LogP contribution in [0.4, 0.5) is 4.39 Å². The van der Waals surface area contributed by atoms with Crippen molar-refractivity contribution in [3.63, 3.8) is 0 Å². The maximum absolute atomic E-state index is 12.9. The third kappa shape index (κ3) is 3.98. The minimum Gasteiger partial charge on any atom is -0.486 e. The van der Waals surface area contributed by atoms with Crippen LogP contribution in [0.3, 0.4) is 0 Å². The van der Waals surface area contributed by atoms with Gasteiger partial charge in [0.05, 0.1) is 6.61 Å². The van der Waals surface area contributed by atoms with Gasteiger partial charge in [0.15, 0.2) is 0 Å². The van der Waals surface area contributed by atoms with Gasteiger partial charge in [0, 0.05) is 6.04 Å². The topological polar surface area (TPSA) is 55.5 Å². The van der Waals surface area contributed by atoms with E-state index in [4.69, 9.17) is 10.5 Å². The molecule has 0 aliphatic heterocycles. The fourth-order valence-electron chi connectivity index (χ4n) is 1.69. The van der Waals surface area contributed by atoms with Crippen molar-refractivity contribution in [1.29, 1.82) is 0 Å². The minimum atomic E-state index is -0.445. The number of aliphatic hydroxyl groups excluding tert-OH is 1. The summed E-state index contributed by atoms with van der Waals surface area (Å²) >= 11 is 0. The van der Waals surface area contributed by atoms with Crippen LogP contribution in [0, 0.1) is 12.7 Å². The number of halogens is 1. The average Bonchev–Trinajstić information content (AvgIpc) is 2.28. The van der Waals surface area contributed by atoms with Gasteiger partial charge in [0.1, 0.15) is 17.7 Å². The molecule has 0 aromatic heterocycles. The molecule has 17 heavy (non-hydrogen) atoms. The Hall–Kier alpha value is -1.13. The largest absolute Gasteiger partial charge is 0.486 e. The zero-order valence-corrected chi connectivity index (χ0v) is 10.3. The Morgan fingerprint density at radius 2 is 2.18 bits per heavy atom. The molecular formula is C13H20FNO2. The lowest BCUT2D eigenvalue weighted by molar-refractivity contribution is 0.0910. The van der Waals surface area contributed by atoms with Gasteiger partial charge < -0.3 is 15.6 Å². The van der Waals surface area contributed by atoms with Crippen molar-refractivity contribution < 1.29 is 14.2 Å². The number of rotatable bonds is 6. The summed E-state index contributed by atoms with van der Waals surface area (Å²) in [5, 5.41) is 9.25. The average molecular weight is 241 g/mol. The van der Waals surface area contributed by atoms with Gasteiger partial charge in [-0.25, -0.2) is 4.39 Å².